The number of nitrogens with zero attached hydrogens (tertiary/aromatic N) is 4. The first-order valence-corrected chi connectivity index (χ1v) is 7.65. The summed E-state index contributed by atoms with van der Waals surface area (Å²) in [5.74, 6) is 2.70. The number of anilines is 4. The number of hydrogen-bond donors (Lipinski definition) is 1. The van der Waals surface area contributed by atoms with Crippen molar-refractivity contribution < 1.29 is 0 Å². The third kappa shape index (κ3) is 2.04. The van der Waals surface area contributed by atoms with Crippen LogP contribution in [-0.4, -0.2) is 25.1 Å². The van der Waals surface area contributed by atoms with Crippen molar-refractivity contribution in [3.8, 4) is 0 Å². The molecule has 5 nitrogen and oxygen atoms in total. The van der Waals surface area contributed by atoms with Crippen LogP contribution in [-0.2, 0) is 0 Å². The lowest BCUT2D eigenvalue weighted by Gasteiger charge is -2.22. The zero-order chi connectivity index (χ0) is 16.0. The van der Waals surface area contributed by atoms with Crippen molar-refractivity contribution in [3.05, 3.63) is 67.4 Å². The standard InChI is InChI=1S/C18H19N5/c1-13-19-10-11-22(13)15-8-9-18(20-12-15)23-14(2)21(3)16-6-4-5-7-17(16)23/h4-9,12,19H,1-2,10-11H2,3H3. The van der Waals surface area contributed by atoms with E-state index in [1.54, 1.807) is 0 Å². The minimum absolute atomic E-state index is 0.869. The molecule has 2 aliphatic heterocycles. The minimum atomic E-state index is 0.869. The van der Waals surface area contributed by atoms with E-state index >= 15 is 0 Å². The normalized spacial score (nSPS) is 16.8. The summed E-state index contributed by atoms with van der Waals surface area (Å²) in [4.78, 5) is 10.9. The molecule has 1 aromatic heterocycles. The molecule has 5 heteroatoms. The number of hydrogen-bond acceptors (Lipinski definition) is 5. The van der Waals surface area contributed by atoms with E-state index in [1.807, 2.05) is 31.4 Å². The molecule has 0 aliphatic carbocycles. The van der Waals surface area contributed by atoms with Crippen molar-refractivity contribution in [3.63, 3.8) is 0 Å². The van der Waals surface area contributed by atoms with E-state index in [2.05, 4.69) is 56.4 Å². The smallest absolute Gasteiger partial charge is 0.138 e. The molecule has 0 bridgehead atoms. The maximum Gasteiger partial charge on any atom is 0.138 e. The van der Waals surface area contributed by atoms with Crippen LogP contribution in [0.25, 0.3) is 0 Å². The van der Waals surface area contributed by atoms with Gasteiger partial charge in [0.05, 0.1) is 29.1 Å². The van der Waals surface area contributed by atoms with Gasteiger partial charge >= 0.3 is 0 Å². The molecule has 116 valence electrons. The summed E-state index contributed by atoms with van der Waals surface area (Å²) in [5.41, 5.74) is 3.29. The Bertz CT molecular complexity index is 780. The maximum absolute atomic E-state index is 4.65. The van der Waals surface area contributed by atoms with Gasteiger partial charge in [0.2, 0.25) is 0 Å². The molecule has 1 N–H and O–H groups in total. The molecule has 1 aromatic carbocycles. The molecule has 23 heavy (non-hydrogen) atoms. The average molecular weight is 305 g/mol. The lowest BCUT2D eigenvalue weighted by molar-refractivity contribution is 0.949. The highest BCUT2D eigenvalue weighted by molar-refractivity contribution is 5.87. The monoisotopic (exact) mass is 305 g/mol. The predicted octanol–water partition coefficient (Wildman–Crippen LogP) is 3.02. The lowest BCUT2D eigenvalue weighted by atomic mass is 10.2. The van der Waals surface area contributed by atoms with Crippen molar-refractivity contribution in [2.45, 2.75) is 0 Å². The second-order valence-corrected chi connectivity index (χ2v) is 5.70. The summed E-state index contributed by atoms with van der Waals surface area (Å²) in [6.45, 7) is 10.1. The molecule has 1 saturated heterocycles. The van der Waals surface area contributed by atoms with E-state index < -0.39 is 0 Å². The molecule has 2 aliphatic rings. The molecule has 0 spiro atoms. The predicted molar refractivity (Wildman–Crippen MR) is 94.8 cm³/mol. The third-order valence-electron chi connectivity index (χ3n) is 4.39. The van der Waals surface area contributed by atoms with E-state index in [0.29, 0.717) is 0 Å². The summed E-state index contributed by atoms with van der Waals surface area (Å²) in [7, 11) is 2.02. The van der Waals surface area contributed by atoms with E-state index in [4.69, 9.17) is 0 Å². The van der Waals surface area contributed by atoms with Crippen LogP contribution in [0.1, 0.15) is 0 Å². The minimum Gasteiger partial charge on any atom is -0.370 e. The highest BCUT2D eigenvalue weighted by Crippen LogP contribution is 2.43. The second kappa shape index (κ2) is 5.05. The first-order valence-electron chi connectivity index (χ1n) is 7.65. The van der Waals surface area contributed by atoms with Crippen molar-refractivity contribution in [1.82, 2.24) is 10.3 Å². The van der Waals surface area contributed by atoms with Gasteiger partial charge in [-0.2, -0.15) is 0 Å². The van der Waals surface area contributed by atoms with E-state index in [9.17, 15) is 0 Å². The molecular weight excluding hydrogens is 286 g/mol. The second-order valence-electron chi connectivity index (χ2n) is 5.70. The Kier molecular flexibility index (Phi) is 3.01. The van der Waals surface area contributed by atoms with Gasteiger partial charge in [0.25, 0.3) is 0 Å². The van der Waals surface area contributed by atoms with Crippen LogP contribution in [0.4, 0.5) is 22.9 Å². The fraction of sp³-hybridized carbons (Fsp3) is 0.167. The Hall–Kier alpha value is -2.95. The summed E-state index contributed by atoms with van der Waals surface area (Å²) in [6.07, 6.45) is 1.89. The Balaban J connectivity index is 1.69. The van der Waals surface area contributed by atoms with Crippen molar-refractivity contribution in [1.29, 1.82) is 0 Å². The van der Waals surface area contributed by atoms with Gasteiger partial charge in [-0.3, -0.25) is 4.90 Å². The van der Waals surface area contributed by atoms with Gasteiger partial charge < -0.3 is 15.1 Å². The van der Waals surface area contributed by atoms with E-state index in [-0.39, 0.29) is 0 Å². The van der Waals surface area contributed by atoms with Gasteiger partial charge in [-0.25, -0.2) is 4.98 Å². The van der Waals surface area contributed by atoms with Crippen LogP contribution in [0, 0.1) is 0 Å². The lowest BCUT2D eigenvalue weighted by Crippen LogP contribution is -2.22. The molecular formula is C18H19N5. The largest absolute Gasteiger partial charge is 0.370 e. The molecule has 2 aromatic rings. The van der Waals surface area contributed by atoms with Crippen LogP contribution in [0.3, 0.4) is 0 Å². The summed E-state index contributed by atoms with van der Waals surface area (Å²) < 4.78 is 0. The van der Waals surface area contributed by atoms with Gasteiger partial charge in [0, 0.05) is 20.1 Å². The Labute approximate surface area is 136 Å². The number of aromatic nitrogens is 1. The zero-order valence-electron chi connectivity index (χ0n) is 13.2. The summed E-state index contributed by atoms with van der Waals surface area (Å²) >= 11 is 0. The van der Waals surface area contributed by atoms with Crippen LogP contribution >= 0.6 is 0 Å². The molecule has 1 fully saturated rings. The number of para-hydroxylation sites is 2. The number of rotatable bonds is 2. The van der Waals surface area contributed by atoms with Crippen LogP contribution < -0.4 is 20.0 Å². The maximum atomic E-state index is 4.65. The van der Waals surface area contributed by atoms with Crippen molar-refractivity contribution >= 4 is 22.9 Å². The molecule has 0 unspecified atom stereocenters. The summed E-state index contributed by atoms with van der Waals surface area (Å²) in [6, 6.07) is 12.4. The van der Waals surface area contributed by atoms with E-state index in [0.717, 1.165) is 47.6 Å². The average Bonchev–Trinajstić information content (AvgIpc) is 3.11. The van der Waals surface area contributed by atoms with Crippen molar-refractivity contribution in [2.75, 3.05) is 34.8 Å². The zero-order valence-corrected chi connectivity index (χ0v) is 13.2. The van der Waals surface area contributed by atoms with Crippen LogP contribution in [0.15, 0.2) is 67.4 Å². The molecule has 0 amide bonds. The molecule has 4 rings (SSSR count). The topological polar surface area (TPSA) is 34.6 Å². The molecule has 0 saturated carbocycles. The Morgan fingerprint density at radius 3 is 2.52 bits per heavy atom. The number of nitrogens with one attached hydrogen (secondary N) is 1. The van der Waals surface area contributed by atoms with Gasteiger partial charge in [-0.05, 0) is 24.3 Å². The van der Waals surface area contributed by atoms with E-state index in [1.165, 1.54) is 0 Å². The highest BCUT2D eigenvalue weighted by Gasteiger charge is 2.29. The van der Waals surface area contributed by atoms with Crippen molar-refractivity contribution in [2.24, 2.45) is 0 Å². The first-order chi connectivity index (χ1) is 11.2. The molecule has 0 radical (unpaired) electrons. The fourth-order valence-corrected chi connectivity index (χ4v) is 3.12. The highest BCUT2D eigenvalue weighted by atomic mass is 15.4. The van der Waals surface area contributed by atoms with Crippen LogP contribution in [0.5, 0.6) is 0 Å². The van der Waals surface area contributed by atoms with Crippen LogP contribution in [0.2, 0.25) is 0 Å². The number of fused-ring (bicyclic) bond motifs is 1. The number of pyridine rings is 1. The molecule has 0 atom stereocenters. The fourth-order valence-electron chi connectivity index (χ4n) is 3.12. The molecule has 3 heterocycles. The quantitative estimate of drug-likeness (QED) is 0.922. The summed E-state index contributed by atoms with van der Waals surface area (Å²) in [5, 5.41) is 3.24. The van der Waals surface area contributed by atoms with Gasteiger partial charge in [0.1, 0.15) is 11.6 Å². The van der Waals surface area contributed by atoms with Gasteiger partial charge in [-0.1, -0.05) is 25.3 Å². The SMILES string of the molecule is C=C1NCCN1c1ccc(N2C(=C)N(C)c3ccccc32)nc1. The number of benzene rings is 1. The Morgan fingerprint density at radius 1 is 1.09 bits per heavy atom. The van der Waals surface area contributed by atoms with Gasteiger partial charge in [-0.15, -0.1) is 0 Å². The van der Waals surface area contributed by atoms with Gasteiger partial charge in [0.15, 0.2) is 0 Å². The third-order valence-corrected chi connectivity index (χ3v) is 4.39. The first kappa shape index (κ1) is 13.7. The Morgan fingerprint density at radius 2 is 1.87 bits per heavy atom.